The van der Waals surface area contributed by atoms with Crippen LogP contribution < -0.4 is 21.4 Å². The number of nitrogen functional groups attached to an aromatic ring is 2. The number of aliphatic carboxylic acids is 1. The Bertz CT molecular complexity index is 1290. The van der Waals surface area contributed by atoms with Gasteiger partial charge in [-0.1, -0.05) is 35.0 Å². The van der Waals surface area contributed by atoms with Crippen LogP contribution in [0.15, 0.2) is 45.1 Å². The number of amides is 2. The summed E-state index contributed by atoms with van der Waals surface area (Å²) < 4.78 is 1.79. The van der Waals surface area contributed by atoms with Crippen LogP contribution in [0.5, 0.6) is 0 Å². The Hall–Kier alpha value is -1.97. The number of carboxylic acids is 1. The molecule has 6 N–H and O–H groups in total. The van der Waals surface area contributed by atoms with Crippen molar-refractivity contribution in [1.29, 1.82) is 0 Å². The molecule has 2 aliphatic rings. The van der Waals surface area contributed by atoms with Gasteiger partial charge in [-0.05, 0) is 0 Å². The van der Waals surface area contributed by atoms with Crippen molar-refractivity contribution in [2.24, 2.45) is 7.05 Å². The molecule has 0 spiro atoms. The van der Waals surface area contributed by atoms with Crippen LogP contribution in [-0.4, -0.2) is 60.8 Å². The number of aromatic nitrogens is 2. The van der Waals surface area contributed by atoms with E-state index >= 15 is 0 Å². The summed E-state index contributed by atoms with van der Waals surface area (Å²) in [6.07, 6.45) is 2.86. The molecule has 2 aromatic rings. The third kappa shape index (κ3) is 6.04. The second kappa shape index (κ2) is 11.8. The number of carbonyl (C=O) groups is 3. The number of fused-ring (bicyclic) bond motifs is 1. The van der Waals surface area contributed by atoms with E-state index in [0.29, 0.717) is 42.2 Å². The summed E-state index contributed by atoms with van der Waals surface area (Å²) in [4.78, 5) is 43.7. The van der Waals surface area contributed by atoms with E-state index in [1.54, 1.807) is 16.7 Å². The highest BCUT2D eigenvalue weighted by Crippen LogP contribution is 2.44. The van der Waals surface area contributed by atoms with Gasteiger partial charge in [-0.2, -0.15) is 0 Å². The maximum Gasteiger partial charge on any atom is 0.353 e. The number of hydrogen-bond acceptors (Lipinski definition) is 10. The highest BCUT2D eigenvalue weighted by Gasteiger charge is 2.54. The van der Waals surface area contributed by atoms with Crippen molar-refractivity contribution < 1.29 is 24.1 Å². The average molecular weight is 621 g/mol. The van der Waals surface area contributed by atoms with Gasteiger partial charge in [0.05, 0.1) is 34.0 Å². The van der Waals surface area contributed by atoms with Crippen LogP contribution in [0.4, 0.5) is 11.5 Å². The number of carbonyl (C=O) groups excluding carboxylic acids is 2. The number of anilines is 2. The van der Waals surface area contributed by atoms with E-state index in [4.69, 9.17) is 34.7 Å². The minimum absolute atomic E-state index is 0.0173. The van der Waals surface area contributed by atoms with E-state index in [1.165, 1.54) is 52.6 Å². The molecule has 2 amide bonds. The fourth-order valence-corrected chi connectivity index (χ4v) is 8.86. The number of nitrogens with two attached hydrogens (primary N) is 2. The van der Waals surface area contributed by atoms with E-state index in [-0.39, 0.29) is 17.4 Å². The van der Waals surface area contributed by atoms with Gasteiger partial charge in [0, 0.05) is 39.7 Å². The number of thioether (sulfide) groups is 4. The number of hydrogen-bond donors (Lipinski definition) is 4. The Morgan fingerprint density at radius 1 is 1.24 bits per heavy atom. The van der Waals surface area contributed by atoms with Crippen LogP contribution in [0.1, 0.15) is 0 Å². The first-order valence-electron chi connectivity index (χ1n) is 10.5. The number of halogens is 2. The average Bonchev–Trinajstić information content (AvgIpc) is 2.84. The Kier molecular flexibility index (Phi) is 8.96. The standard InChI is InChI=1S/C21H20Cl2N6O4S4/c1-28-13(25)2-9(24)3-15(28)37-8-36-12-6-35-20-16(19(31)29(20)17(12)21(32)33)27-14(30)7-34-18-10(22)4-26-5-11(18)23/h2-5,16,20H,6-8H2,1H3,(H5,24,25,27,30,32,33)/p+1. The van der Waals surface area contributed by atoms with E-state index in [2.05, 4.69) is 10.3 Å². The van der Waals surface area contributed by atoms with Crippen LogP contribution in [0.3, 0.4) is 0 Å². The summed E-state index contributed by atoms with van der Waals surface area (Å²) >= 11 is 17.5. The highest BCUT2D eigenvalue weighted by molar-refractivity contribution is 8.18. The molecule has 2 aromatic heterocycles. The van der Waals surface area contributed by atoms with E-state index < -0.39 is 23.3 Å². The zero-order valence-corrected chi connectivity index (χ0v) is 23.9. The topological polar surface area (TPSA) is 156 Å². The van der Waals surface area contributed by atoms with Gasteiger partial charge in [0.1, 0.15) is 17.1 Å². The lowest BCUT2D eigenvalue weighted by Crippen LogP contribution is -2.70. The molecular formula is C21H21Cl2N6O4S4+. The van der Waals surface area contributed by atoms with Crippen LogP contribution in [0.25, 0.3) is 0 Å². The Labute approximate surface area is 239 Å². The van der Waals surface area contributed by atoms with Gasteiger partial charge in [0.2, 0.25) is 5.91 Å². The summed E-state index contributed by atoms with van der Waals surface area (Å²) in [6.45, 7) is 0. The number of nitrogens with one attached hydrogen (secondary N) is 1. The predicted octanol–water partition coefficient (Wildman–Crippen LogP) is 2.65. The van der Waals surface area contributed by atoms with Crippen molar-refractivity contribution in [3.8, 4) is 0 Å². The van der Waals surface area contributed by atoms with Crippen LogP contribution in [0.2, 0.25) is 10.0 Å². The third-order valence-electron chi connectivity index (χ3n) is 5.37. The molecule has 2 atom stereocenters. The maximum absolute atomic E-state index is 12.9. The van der Waals surface area contributed by atoms with Crippen molar-refractivity contribution in [3.05, 3.63) is 45.2 Å². The molecule has 2 aliphatic heterocycles. The molecule has 1 fully saturated rings. The lowest BCUT2D eigenvalue weighted by atomic mass is 10.1. The summed E-state index contributed by atoms with van der Waals surface area (Å²) in [5.41, 5.74) is 12.3. The molecule has 4 rings (SSSR count). The van der Waals surface area contributed by atoms with Crippen molar-refractivity contribution in [1.82, 2.24) is 15.2 Å². The molecule has 1 saturated heterocycles. The molecular weight excluding hydrogens is 599 g/mol. The van der Waals surface area contributed by atoms with E-state index in [0.717, 1.165) is 16.8 Å². The molecule has 2 unspecified atom stereocenters. The summed E-state index contributed by atoms with van der Waals surface area (Å²) in [6, 6.07) is 2.64. The molecule has 4 heterocycles. The van der Waals surface area contributed by atoms with Gasteiger partial charge in [0.25, 0.3) is 11.7 Å². The molecule has 0 saturated carbocycles. The van der Waals surface area contributed by atoms with Gasteiger partial charge in [-0.15, -0.1) is 35.3 Å². The molecule has 0 aliphatic carbocycles. The van der Waals surface area contributed by atoms with Gasteiger partial charge in [-0.25, -0.2) is 9.36 Å². The molecule has 0 bridgehead atoms. The second-order valence-corrected chi connectivity index (χ2v) is 13.1. The van der Waals surface area contributed by atoms with Gasteiger partial charge >= 0.3 is 5.97 Å². The number of rotatable bonds is 9. The first kappa shape index (κ1) is 28.0. The number of pyridine rings is 2. The first-order valence-corrected chi connectivity index (χ1v) is 15.3. The maximum atomic E-state index is 12.9. The number of carboxylic acid groups (broad SMARTS) is 1. The fourth-order valence-electron chi connectivity index (χ4n) is 3.57. The molecule has 0 aromatic carbocycles. The first-order chi connectivity index (χ1) is 17.6. The lowest BCUT2D eigenvalue weighted by molar-refractivity contribution is -0.694. The summed E-state index contributed by atoms with van der Waals surface area (Å²) in [7, 11) is 1.82. The Balaban J connectivity index is 1.38. The molecule has 16 heteroatoms. The SMILES string of the molecule is C[n+]1c(N)cc(N)cc1SCSC1=C(C(=O)O)N2C(=O)C(NC(=O)CSc3c(Cl)cncc3Cl)C2SC1. The zero-order valence-electron chi connectivity index (χ0n) is 19.1. The summed E-state index contributed by atoms with van der Waals surface area (Å²) in [5.74, 6) is -1.15. The monoisotopic (exact) mass is 619 g/mol. The van der Waals surface area contributed by atoms with Gasteiger partial charge < -0.3 is 16.2 Å². The minimum atomic E-state index is -1.19. The third-order valence-corrected chi connectivity index (χ3v) is 11.1. The van der Waals surface area contributed by atoms with Gasteiger partial charge in [-0.3, -0.25) is 25.2 Å². The lowest BCUT2D eigenvalue weighted by Gasteiger charge is -2.49. The van der Waals surface area contributed by atoms with Crippen molar-refractivity contribution in [2.75, 3.05) is 28.1 Å². The summed E-state index contributed by atoms with van der Waals surface area (Å²) in [5, 5.41) is 14.1. The Morgan fingerprint density at radius 3 is 2.62 bits per heavy atom. The van der Waals surface area contributed by atoms with E-state index in [9.17, 15) is 19.5 Å². The molecule has 10 nitrogen and oxygen atoms in total. The van der Waals surface area contributed by atoms with Crippen molar-refractivity contribution in [3.63, 3.8) is 0 Å². The quantitative estimate of drug-likeness (QED) is 0.142. The highest BCUT2D eigenvalue weighted by atomic mass is 35.5. The second-order valence-electron chi connectivity index (χ2n) is 7.77. The molecule has 37 heavy (non-hydrogen) atoms. The number of β-lactam (4-membered cyclic amide) rings is 1. The van der Waals surface area contributed by atoms with Crippen molar-refractivity contribution in [2.45, 2.75) is 21.3 Å². The fraction of sp³-hybridized carbons (Fsp3) is 0.286. The molecule has 0 radical (unpaired) electrons. The predicted molar refractivity (Wildman–Crippen MR) is 149 cm³/mol. The van der Waals surface area contributed by atoms with Crippen LogP contribution in [0, 0.1) is 0 Å². The smallest absolute Gasteiger partial charge is 0.353 e. The van der Waals surface area contributed by atoms with E-state index in [1.807, 2.05) is 7.05 Å². The minimum Gasteiger partial charge on any atom is -0.477 e. The van der Waals surface area contributed by atoms with Gasteiger partial charge in [0.15, 0.2) is 5.03 Å². The zero-order chi connectivity index (χ0) is 26.9. The van der Waals surface area contributed by atoms with Crippen molar-refractivity contribution >= 4 is 99.5 Å². The normalized spacial score (nSPS) is 18.9. The van der Waals surface area contributed by atoms with Crippen LogP contribution in [-0.2, 0) is 21.4 Å². The van der Waals surface area contributed by atoms with Crippen LogP contribution >= 0.6 is 70.2 Å². The number of nitrogens with zero attached hydrogens (tertiary/aromatic N) is 3. The molecule has 196 valence electrons. The largest absolute Gasteiger partial charge is 0.477 e. The Morgan fingerprint density at radius 2 is 1.95 bits per heavy atom.